The second-order valence-corrected chi connectivity index (χ2v) is 18.1. The number of primary amides is 1. The first-order valence-corrected chi connectivity index (χ1v) is 19.7. The summed E-state index contributed by atoms with van der Waals surface area (Å²) in [5.41, 5.74) is 5.36. The molecular weight excluding hydrogens is 681 g/mol. The fourth-order valence-electron chi connectivity index (χ4n) is 6.77. The molecule has 2 aliphatic heterocycles. The lowest BCUT2D eigenvalue weighted by molar-refractivity contribution is -0.121. The number of sulfonamides is 2. The van der Waals surface area contributed by atoms with Gasteiger partial charge in [-0.1, -0.05) is 74.5 Å². The van der Waals surface area contributed by atoms with Crippen molar-refractivity contribution in [3.05, 3.63) is 90.0 Å². The number of piperazine rings is 1. The lowest BCUT2D eigenvalue weighted by Gasteiger charge is -2.48. The zero-order valence-electron chi connectivity index (χ0n) is 28.9. The minimum atomic E-state index is -4.40. The number of hydrogen-bond donors (Lipinski definition) is 2. The Morgan fingerprint density at radius 3 is 2.10 bits per heavy atom. The topological polar surface area (TPSA) is 160 Å². The average Bonchev–Trinajstić information content (AvgIpc) is 3.55. The quantitative estimate of drug-likeness (QED) is 0.226. The zero-order chi connectivity index (χ0) is 36.2. The number of rotatable bonds is 16. The molecule has 2 atom stereocenters. The lowest BCUT2D eigenvalue weighted by atomic mass is 9.78. The molecule has 272 valence electrons. The van der Waals surface area contributed by atoms with Gasteiger partial charge in [0.2, 0.25) is 32.7 Å². The number of aliphatic hydroxyl groups is 1. The SMILES string of the molecule is CC(C)CN(CC[C@](O)(Cc1ccccc1)C(C)(CC(N)=O)S(=O)(=O)N1CCN(Cc2ccccc2)CC1)S(=O)(=O)c1ccc2c(c1)OCO2. The molecule has 1 saturated heterocycles. The highest BCUT2D eigenvalue weighted by atomic mass is 32.2. The van der Waals surface area contributed by atoms with Crippen molar-refractivity contribution in [3.63, 3.8) is 0 Å². The van der Waals surface area contributed by atoms with Gasteiger partial charge in [-0.25, -0.2) is 16.8 Å². The van der Waals surface area contributed by atoms with E-state index in [1.54, 1.807) is 30.3 Å². The molecule has 0 aromatic heterocycles. The van der Waals surface area contributed by atoms with Crippen LogP contribution in [0.2, 0.25) is 0 Å². The molecule has 3 N–H and O–H groups in total. The van der Waals surface area contributed by atoms with Crippen LogP contribution in [-0.2, 0) is 37.8 Å². The molecule has 1 fully saturated rings. The maximum atomic E-state index is 14.8. The average molecular weight is 729 g/mol. The van der Waals surface area contributed by atoms with Gasteiger partial charge in [-0.15, -0.1) is 0 Å². The van der Waals surface area contributed by atoms with E-state index in [-0.39, 0.29) is 56.6 Å². The number of amides is 1. The number of ether oxygens (including phenoxy) is 2. The standard InChI is InChI=1S/C36H48N4O8S2/c1-28(2)25-40(49(43,44)31-14-15-32-33(22-31)48-27-47-32)17-16-36(42,23-29-10-6-4-7-11-29)35(3,24-34(37)41)50(45,46)39-20-18-38(19-21-39)26-30-12-8-5-9-13-30/h4-15,22,28,42H,16-21,23-27H2,1-3H3,(H2,37,41)/t35?,36-/m0/s1. The van der Waals surface area contributed by atoms with Crippen molar-refractivity contribution in [2.45, 2.75) is 61.8 Å². The number of nitrogens with two attached hydrogens (primary N) is 1. The van der Waals surface area contributed by atoms with Crippen LogP contribution in [0.3, 0.4) is 0 Å². The van der Waals surface area contributed by atoms with Crippen molar-refractivity contribution in [2.24, 2.45) is 11.7 Å². The summed E-state index contributed by atoms with van der Waals surface area (Å²) in [6, 6.07) is 23.2. The molecule has 1 unspecified atom stereocenters. The summed E-state index contributed by atoms with van der Waals surface area (Å²) >= 11 is 0. The van der Waals surface area contributed by atoms with Crippen molar-refractivity contribution in [1.82, 2.24) is 13.5 Å². The molecule has 0 radical (unpaired) electrons. The minimum absolute atomic E-state index is 0.0178. The predicted molar refractivity (Wildman–Crippen MR) is 190 cm³/mol. The van der Waals surface area contributed by atoms with E-state index in [1.165, 1.54) is 33.7 Å². The van der Waals surface area contributed by atoms with E-state index in [4.69, 9.17) is 15.2 Å². The molecule has 0 bridgehead atoms. The fourth-order valence-corrected chi connectivity index (χ4v) is 10.6. The lowest BCUT2D eigenvalue weighted by Crippen LogP contribution is -2.65. The highest BCUT2D eigenvalue weighted by Gasteiger charge is 2.58. The molecule has 12 nitrogen and oxygen atoms in total. The molecule has 5 rings (SSSR count). The first-order chi connectivity index (χ1) is 23.6. The maximum Gasteiger partial charge on any atom is 0.243 e. The van der Waals surface area contributed by atoms with Crippen LogP contribution in [0.1, 0.15) is 44.7 Å². The van der Waals surface area contributed by atoms with Crippen LogP contribution < -0.4 is 15.2 Å². The Bertz CT molecular complexity index is 1840. The van der Waals surface area contributed by atoms with E-state index >= 15 is 0 Å². The van der Waals surface area contributed by atoms with Crippen LogP contribution in [0.5, 0.6) is 11.5 Å². The summed E-state index contributed by atoms with van der Waals surface area (Å²) in [5.74, 6) is -0.253. The Hall–Kier alpha value is -3.53. The first-order valence-electron chi connectivity index (χ1n) is 16.8. The maximum absolute atomic E-state index is 14.8. The highest BCUT2D eigenvalue weighted by Crippen LogP contribution is 2.42. The van der Waals surface area contributed by atoms with Crippen LogP contribution in [0.4, 0.5) is 0 Å². The van der Waals surface area contributed by atoms with Gasteiger partial charge in [0.25, 0.3) is 0 Å². The van der Waals surface area contributed by atoms with E-state index in [9.17, 15) is 26.7 Å². The second-order valence-electron chi connectivity index (χ2n) is 13.8. The molecule has 3 aromatic carbocycles. The monoisotopic (exact) mass is 728 g/mol. The van der Waals surface area contributed by atoms with Crippen LogP contribution in [-0.4, -0.2) is 97.8 Å². The van der Waals surface area contributed by atoms with E-state index < -0.39 is 42.7 Å². The van der Waals surface area contributed by atoms with E-state index in [0.29, 0.717) is 36.7 Å². The number of carbonyl (C=O) groups is 1. The molecule has 3 aromatic rings. The number of fused-ring (bicyclic) bond motifs is 1. The van der Waals surface area contributed by atoms with Crippen molar-refractivity contribution in [3.8, 4) is 11.5 Å². The van der Waals surface area contributed by atoms with Crippen LogP contribution >= 0.6 is 0 Å². The number of nitrogens with zero attached hydrogens (tertiary/aromatic N) is 3. The largest absolute Gasteiger partial charge is 0.454 e. The summed E-state index contributed by atoms with van der Waals surface area (Å²) in [6.45, 7) is 6.84. The summed E-state index contributed by atoms with van der Waals surface area (Å²) in [6.07, 6.45) is -1.12. The molecule has 0 spiro atoms. The van der Waals surface area contributed by atoms with Gasteiger partial charge in [-0.3, -0.25) is 9.69 Å². The van der Waals surface area contributed by atoms with Crippen LogP contribution in [0.15, 0.2) is 83.8 Å². The van der Waals surface area contributed by atoms with Gasteiger partial charge in [-0.2, -0.15) is 8.61 Å². The molecule has 0 aliphatic carbocycles. The number of hydrogen-bond acceptors (Lipinski definition) is 9. The third kappa shape index (κ3) is 8.16. The molecule has 2 heterocycles. The normalized spacial score (nSPS) is 18.2. The number of benzene rings is 3. The van der Waals surface area contributed by atoms with Crippen molar-refractivity contribution in [2.75, 3.05) is 46.1 Å². The molecule has 50 heavy (non-hydrogen) atoms. The second kappa shape index (κ2) is 15.4. The zero-order valence-corrected chi connectivity index (χ0v) is 30.5. The first kappa shape index (κ1) is 37.7. The van der Waals surface area contributed by atoms with Crippen molar-refractivity contribution >= 4 is 26.0 Å². The van der Waals surface area contributed by atoms with Crippen LogP contribution in [0, 0.1) is 5.92 Å². The van der Waals surface area contributed by atoms with Gasteiger partial charge in [-0.05, 0) is 42.5 Å². The van der Waals surface area contributed by atoms with Crippen molar-refractivity contribution in [1.29, 1.82) is 0 Å². The van der Waals surface area contributed by atoms with Gasteiger partial charge >= 0.3 is 0 Å². The minimum Gasteiger partial charge on any atom is -0.454 e. The van der Waals surface area contributed by atoms with Crippen LogP contribution in [0.25, 0.3) is 0 Å². The van der Waals surface area contributed by atoms with Gasteiger partial charge in [0, 0.05) is 64.7 Å². The fraction of sp³-hybridized carbons (Fsp3) is 0.472. The Labute approximate surface area is 295 Å². The van der Waals surface area contributed by atoms with E-state index in [0.717, 1.165) is 5.56 Å². The highest BCUT2D eigenvalue weighted by molar-refractivity contribution is 7.90. The molecule has 0 saturated carbocycles. The summed E-state index contributed by atoms with van der Waals surface area (Å²) < 4.78 is 69.1. The smallest absolute Gasteiger partial charge is 0.243 e. The predicted octanol–water partition coefficient (Wildman–Crippen LogP) is 3.21. The van der Waals surface area contributed by atoms with Gasteiger partial charge < -0.3 is 20.3 Å². The summed E-state index contributed by atoms with van der Waals surface area (Å²) in [5, 5.41) is 12.8. The van der Waals surface area contributed by atoms with Gasteiger partial charge in [0.1, 0.15) is 4.75 Å². The Morgan fingerprint density at radius 2 is 1.50 bits per heavy atom. The van der Waals surface area contributed by atoms with Gasteiger partial charge in [0.15, 0.2) is 11.5 Å². The third-order valence-electron chi connectivity index (χ3n) is 9.65. The van der Waals surface area contributed by atoms with Crippen molar-refractivity contribution < 1.29 is 36.2 Å². The van der Waals surface area contributed by atoms with Gasteiger partial charge in [0.05, 0.1) is 10.5 Å². The Kier molecular flexibility index (Phi) is 11.6. The molecule has 14 heteroatoms. The van der Waals surface area contributed by atoms with E-state index in [1.807, 2.05) is 44.2 Å². The third-order valence-corrected chi connectivity index (χ3v) is 14.2. The number of carbonyl (C=O) groups excluding carboxylic acids is 1. The molecular formula is C36H48N4O8S2. The summed E-state index contributed by atoms with van der Waals surface area (Å²) in [7, 11) is -8.54. The Morgan fingerprint density at radius 1 is 0.900 bits per heavy atom. The molecule has 1 amide bonds. The Balaban J connectivity index is 1.47. The van der Waals surface area contributed by atoms with E-state index in [2.05, 4.69) is 4.90 Å². The summed E-state index contributed by atoms with van der Waals surface area (Å²) in [4.78, 5) is 14.9. The molecule has 2 aliphatic rings.